The van der Waals surface area contributed by atoms with Gasteiger partial charge in [0.25, 0.3) is 0 Å². The number of esters is 1. The number of aliphatic imine (C=N–C) groups is 3. The number of ether oxygens (including phenoxy) is 1. The van der Waals surface area contributed by atoms with Crippen molar-refractivity contribution in [3.05, 3.63) is 104 Å². The summed E-state index contributed by atoms with van der Waals surface area (Å²) in [4.78, 5) is 39.8. The van der Waals surface area contributed by atoms with Gasteiger partial charge in [0, 0.05) is 40.5 Å². The maximum absolute atomic E-state index is 13.3. The minimum Gasteiger partial charge on any atom is -0.507 e. The highest BCUT2D eigenvalue weighted by Gasteiger charge is 2.60. The summed E-state index contributed by atoms with van der Waals surface area (Å²) in [5, 5.41) is 48.5. The van der Waals surface area contributed by atoms with Crippen LogP contribution in [0.3, 0.4) is 0 Å². The average molecular weight is 625 g/mol. The van der Waals surface area contributed by atoms with Crippen molar-refractivity contribution < 1.29 is 34.8 Å². The number of carboxylic acid groups (broad SMARTS) is 1. The highest BCUT2D eigenvalue weighted by molar-refractivity contribution is 6.26. The second kappa shape index (κ2) is 10.6. The van der Waals surface area contributed by atoms with Gasteiger partial charge in [-0.2, -0.15) is 0 Å². The molecule has 0 saturated carbocycles. The van der Waals surface area contributed by atoms with Gasteiger partial charge >= 0.3 is 11.9 Å². The van der Waals surface area contributed by atoms with Crippen LogP contribution in [0, 0.1) is 5.92 Å². The van der Waals surface area contributed by atoms with Crippen LogP contribution in [0.15, 0.2) is 119 Å². The summed E-state index contributed by atoms with van der Waals surface area (Å²) in [6, 6.07) is 0. The number of allylic oxidation sites excluding steroid dienone is 9. The van der Waals surface area contributed by atoms with Crippen LogP contribution in [-0.4, -0.2) is 67.8 Å². The number of aliphatic hydroxyl groups is 3. The molecule has 1 saturated heterocycles. The summed E-state index contributed by atoms with van der Waals surface area (Å²) >= 11 is 0. The fraction of sp³-hybridized carbons (Fsp3) is 0.343. The molecule has 5 N–H and O–H groups in total. The Labute approximate surface area is 266 Å². The molecule has 0 aromatic heterocycles. The highest BCUT2D eigenvalue weighted by Crippen LogP contribution is 2.51. The first-order valence-corrected chi connectivity index (χ1v) is 15.1. The lowest BCUT2D eigenvalue weighted by molar-refractivity contribution is -0.156. The second-order valence-electron chi connectivity index (χ2n) is 12.3. The summed E-state index contributed by atoms with van der Waals surface area (Å²) in [5.41, 5.74) is 3.28. The van der Waals surface area contributed by atoms with Crippen LogP contribution in [0.5, 0.6) is 0 Å². The number of hydrogen-bond acceptors (Lipinski definition) is 10. The predicted molar refractivity (Wildman–Crippen MR) is 173 cm³/mol. The Morgan fingerprint density at radius 1 is 1.04 bits per heavy atom. The minimum absolute atomic E-state index is 0.0685. The molecule has 46 heavy (non-hydrogen) atoms. The Bertz CT molecular complexity index is 1920. The van der Waals surface area contributed by atoms with Gasteiger partial charge in [-0.3, -0.25) is 4.79 Å². The van der Waals surface area contributed by atoms with E-state index in [1.165, 1.54) is 6.92 Å². The smallest absolute Gasteiger partial charge is 0.350 e. The van der Waals surface area contributed by atoms with Crippen molar-refractivity contribution in [2.75, 3.05) is 7.11 Å². The second-order valence-corrected chi connectivity index (χ2v) is 12.3. The number of carbonyl (C=O) groups is 2. The van der Waals surface area contributed by atoms with Crippen molar-refractivity contribution in [2.45, 2.75) is 65.1 Å². The van der Waals surface area contributed by atoms with Crippen molar-refractivity contribution in [3.8, 4) is 0 Å². The quantitative estimate of drug-likeness (QED) is 0.272. The highest BCUT2D eigenvalue weighted by atomic mass is 16.5. The lowest BCUT2D eigenvalue weighted by Crippen LogP contribution is -2.44. The average Bonchev–Trinajstić information content (AvgIpc) is 3.71. The molecule has 0 aromatic rings. The maximum Gasteiger partial charge on any atom is 0.350 e. The van der Waals surface area contributed by atoms with E-state index in [0.717, 1.165) is 35.1 Å². The Morgan fingerprint density at radius 3 is 2.35 bits per heavy atom. The molecule has 11 nitrogen and oxygen atoms in total. The number of carbonyl (C=O) groups excluding carboxylic acids is 1. The molecule has 6 aliphatic rings. The minimum atomic E-state index is -2.68. The Balaban J connectivity index is 1.73. The Hall–Kier alpha value is -4.87. The van der Waals surface area contributed by atoms with E-state index in [-0.39, 0.29) is 41.1 Å². The number of nitrogens with one attached hydrogen (secondary N) is 1. The maximum atomic E-state index is 13.3. The number of aliphatic hydroxyl groups excluding tert-OH is 1. The fourth-order valence-corrected chi connectivity index (χ4v) is 7.10. The molecule has 11 heteroatoms. The summed E-state index contributed by atoms with van der Waals surface area (Å²) in [7, 11) is 1.09. The van der Waals surface area contributed by atoms with Gasteiger partial charge in [-0.25, -0.2) is 19.8 Å². The van der Waals surface area contributed by atoms with Gasteiger partial charge in [-0.1, -0.05) is 19.6 Å². The van der Waals surface area contributed by atoms with Crippen LogP contribution in [0.2, 0.25) is 0 Å². The van der Waals surface area contributed by atoms with Crippen molar-refractivity contribution in [3.63, 3.8) is 0 Å². The number of carboxylic acids is 1. The normalized spacial score (nSPS) is 28.3. The number of hydrogen-bond donors (Lipinski definition) is 5. The molecule has 0 spiro atoms. The lowest BCUT2D eigenvalue weighted by Gasteiger charge is -2.28. The van der Waals surface area contributed by atoms with Crippen LogP contribution in [0.4, 0.5) is 0 Å². The molecule has 6 rings (SSSR count). The largest absolute Gasteiger partial charge is 0.507 e. The van der Waals surface area contributed by atoms with Gasteiger partial charge in [0.15, 0.2) is 5.76 Å². The van der Waals surface area contributed by atoms with E-state index in [0.29, 0.717) is 34.8 Å². The molecule has 0 radical (unpaired) electrons. The Morgan fingerprint density at radius 2 is 1.72 bits per heavy atom. The number of rotatable bonds is 6. The summed E-state index contributed by atoms with van der Waals surface area (Å²) < 4.78 is 4.98. The first-order valence-electron chi connectivity index (χ1n) is 15.1. The molecule has 5 aliphatic heterocycles. The third-order valence-corrected chi connectivity index (χ3v) is 9.72. The zero-order valence-corrected chi connectivity index (χ0v) is 26.6. The van der Waals surface area contributed by atoms with Gasteiger partial charge in [-0.05, 0) is 81.1 Å². The standard InChI is InChI=1S/C35H36N4O7/c1-8-18-15(3)21-12-24-19(9-2)16(4)23(37-24)14-26-34(6,44)20(10-11-27(40)41)30(39-26)29-31-28(32(42)35(29,45)33(43)46-7)17(5)22(38-31)13-25(18)36-21/h9,12-14,20,39,42,44-45H,2,8,10-11H2,1,3-7H3,(H,40,41)/t20-,34+,35+/m0/s1. The molecule has 5 heterocycles. The van der Waals surface area contributed by atoms with E-state index >= 15 is 0 Å². The monoisotopic (exact) mass is 624 g/mol. The van der Waals surface area contributed by atoms with E-state index in [2.05, 4.69) is 11.9 Å². The SMILES string of the molecule is C=CC1=C(C)C2=NC1=CC1=NC(=CC3=C(C)C4=C(O)[C@@](O)(C(=O)OC)C(=C5NC(=C2)[C@](C)(O)[C@H]5CCC(=O)O)C4=N3)C(CC)=C1C. The number of nitrogens with zero attached hydrogens (tertiary/aromatic N) is 3. The zero-order valence-electron chi connectivity index (χ0n) is 26.6. The van der Waals surface area contributed by atoms with E-state index in [1.54, 1.807) is 19.1 Å². The van der Waals surface area contributed by atoms with Crippen LogP contribution in [0.25, 0.3) is 0 Å². The van der Waals surface area contributed by atoms with Gasteiger partial charge in [0.05, 0.1) is 41.3 Å². The third kappa shape index (κ3) is 4.22. The van der Waals surface area contributed by atoms with E-state index < -0.39 is 34.8 Å². The molecule has 3 atom stereocenters. The van der Waals surface area contributed by atoms with E-state index in [4.69, 9.17) is 19.7 Å². The van der Waals surface area contributed by atoms with E-state index in [9.17, 15) is 30.0 Å². The Kier molecular flexibility index (Phi) is 7.17. The van der Waals surface area contributed by atoms with Crippen LogP contribution >= 0.6 is 0 Å². The zero-order chi connectivity index (χ0) is 33.5. The first-order chi connectivity index (χ1) is 21.7. The topological polar surface area (TPSA) is 173 Å². The fourth-order valence-electron chi connectivity index (χ4n) is 7.10. The molecular weight excluding hydrogens is 588 g/mol. The van der Waals surface area contributed by atoms with Gasteiger partial charge < -0.3 is 30.5 Å². The molecule has 0 aromatic carbocycles. The number of fused-ring (bicyclic) bond motifs is 5. The van der Waals surface area contributed by atoms with Crippen molar-refractivity contribution in [1.29, 1.82) is 0 Å². The van der Waals surface area contributed by atoms with Crippen molar-refractivity contribution in [1.82, 2.24) is 5.32 Å². The van der Waals surface area contributed by atoms with Crippen LogP contribution < -0.4 is 5.32 Å². The van der Waals surface area contributed by atoms with Gasteiger partial charge in [-0.15, -0.1) is 0 Å². The molecular formula is C35H36N4O7. The van der Waals surface area contributed by atoms with Crippen molar-refractivity contribution in [2.24, 2.45) is 20.9 Å². The summed E-state index contributed by atoms with van der Waals surface area (Å²) in [6.45, 7) is 13.2. The van der Waals surface area contributed by atoms with Gasteiger partial charge in [0.1, 0.15) is 5.60 Å². The van der Waals surface area contributed by atoms with Crippen molar-refractivity contribution >= 4 is 29.1 Å². The third-order valence-electron chi connectivity index (χ3n) is 9.72. The van der Waals surface area contributed by atoms with Gasteiger partial charge in [0.2, 0.25) is 5.60 Å². The number of methoxy groups -OCH3 is 1. The first kappa shape index (κ1) is 31.1. The van der Waals surface area contributed by atoms with E-state index in [1.807, 2.05) is 32.9 Å². The predicted octanol–water partition coefficient (Wildman–Crippen LogP) is 4.34. The van der Waals surface area contributed by atoms with Crippen LogP contribution in [-0.2, 0) is 14.3 Å². The molecule has 238 valence electrons. The molecule has 0 unspecified atom stereocenters. The molecule has 1 fully saturated rings. The molecule has 1 aliphatic carbocycles. The summed E-state index contributed by atoms with van der Waals surface area (Å²) in [6.07, 6.45) is 7.40. The molecule has 0 amide bonds. The lowest BCUT2D eigenvalue weighted by atomic mass is 9.80. The van der Waals surface area contributed by atoms with Crippen LogP contribution in [0.1, 0.15) is 53.9 Å². The molecule has 8 bridgehead atoms. The number of aliphatic carboxylic acids is 1. The summed E-state index contributed by atoms with van der Waals surface area (Å²) in [5.74, 6) is -3.87.